The van der Waals surface area contributed by atoms with Gasteiger partial charge in [0.1, 0.15) is 17.0 Å². The van der Waals surface area contributed by atoms with Crippen LogP contribution in [0.25, 0.3) is 11.0 Å². The molecule has 1 aromatic carbocycles. The van der Waals surface area contributed by atoms with Crippen molar-refractivity contribution in [2.75, 3.05) is 36.9 Å². The lowest BCUT2D eigenvalue weighted by atomic mass is 9.91. The summed E-state index contributed by atoms with van der Waals surface area (Å²) in [4.78, 5) is 62.5. The molecule has 8 rings (SSSR count). The lowest BCUT2D eigenvalue weighted by molar-refractivity contribution is -0.134. The number of hydrogen-bond acceptors (Lipinski definition) is 9. The van der Waals surface area contributed by atoms with Crippen molar-refractivity contribution in [2.45, 2.75) is 63.7 Å². The number of hydrogen-bond donors (Lipinski definition) is 3. The minimum atomic E-state index is -0.541. The summed E-state index contributed by atoms with van der Waals surface area (Å²) < 4.78 is 18.4. The number of piperidine rings is 2. The Morgan fingerprint density at radius 1 is 1.04 bits per heavy atom. The number of halogens is 1. The summed E-state index contributed by atoms with van der Waals surface area (Å²) in [5, 5.41) is 13.4. The third-order valence-electron chi connectivity index (χ3n) is 10.8. The van der Waals surface area contributed by atoms with E-state index in [9.17, 15) is 23.6 Å². The number of carbonyl (C=O) groups excluding carboxylic acids is 4. The molecule has 5 aromatic rings. The molecule has 2 saturated heterocycles. The first-order valence-corrected chi connectivity index (χ1v) is 18.3. The largest absolute Gasteiger partial charge is 0.371 e. The molecule has 7 heterocycles. The van der Waals surface area contributed by atoms with Gasteiger partial charge in [-0.25, -0.2) is 9.97 Å². The van der Waals surface area contributed by atoms with E-state index in [1.807, 2.05) is 24.6 Å². The minimum Gasteiger partial charge on any atom is -0.371 e. The maximum atomic E-state index is 14.8. The van der Waals surface area contributed by atoms with Gasteiger partial charge in [-0.3, -0.25) is 34.1 Å². The fourth-order valence-corrected chi connectivity index (χ4v) is 7.76. The number of fused-ring (bicyclic) bond motifs is 3. The molecule has 0 radical (unpaired) electrons. The molecule has 4 amide bonds. The van der Waals surface area contributed by atoms with Gasteiger partial charge in [0.2, 0.25) is 17.8 Å². The fraction of sp³-hybridized carbons (Fsp3) is 0.359. The molecule has 1 unspecified atom stereocenters. The number of amides is 4. The van der Waals surface area contributed by atoms with E-state index in [1.165, 1.54) is 6.20 Å². The summed E-state index contributed by atoms with van der Waals surface area (Å²) in [5.41, 5.74) is 5.23. The third-order valence-corrected chi connectivity index (χ3v) is 10.8. The van der Waals surface area contributed by atoms with Gasteiger partial charge in [-0.1, -0.05) is 12.1 Å². The van der Waals surface area contributed by atoms with Gasteiger partial charge in [0, 0.05) is 67.7 Å². The standard InChI is InChI=1S/C39H41FN10O4/c1-23-17-42-39(54)33-16-25-5-9-32(45-36(25)50(23)33)38(53)44-28-19-43-49(22-28)20-24-3-6-30(7-4-24)48-13-11-29(12-14-48)47(2)21-27-15-26(18-41-35(27)40)31-8-10-34(51)46-37(31)52/h3-7,9,15-16,18-19,22-23,29,31H,8,10-14,17,20-21H2,1-2H3,(H,42,54)(H,44,53)(H,46,51,52)/t23-,31?/m1/s1. The average molecular weight is 733 g/mol. The Balaban J connectivity index is 0.835. The van der Waals surface area contributed by atoms with Gasteiger partial charge in [0.25, 0.3) is 11.8 Å². The van der Waals surface area contributed by atoms with Crippen molar-refractivity contribution < 1.29 is 23.6 Å². The summed E-state index contributed by atoms with van der Waals surface area (Å²) in [6, 6.07) is 15.7. The fourth-order valence-electron chi connectivity index (χ4n) is 7.76. The van der Waals surface area contributed by atoms with Gasteiger partial charge in [0.05, 0.1) is 30.4 Å². The number of nitrogens with zero attached hydrogens (tertiary/aromatic N) is 7. The zero-order valence-corrected chi connectivity index (χ0v) is 30.1. The molecule has 4 aromatic heterocycles. The first-order valence-electron chi connectivity index (χ1n) is 18.3. The highest BCUT2D eigenvalue weighted by molar-refractivity contribution is 6.05. The zero-order chi connectivity index (χ0) is 37.5. The van der Waals surface area contributed by atoms with Crippen molar-refractivity contribution in [2.24, 2.45) is 0 Å². The van der Waals surface area contributed by atoms with Gasteiger partial charge in [0.15, 0.2) is 0 Å². The molecule has 2 atom stereocenters. The van der Waals surface area contributed by atoms with E-state index in [0.29, 0.717) is 54.2 Å². The Morgan fingerprint density at radius 2 is 1.83 bits per heavy atom. The maximum Gasteiger partial charge on any atom is 0.274 e. The monoisotopic (exact) mass is 732 g/mol. The van der Waals surface area contributed by atoms with Crippen LogP contribution in [-0.4, -0.2) is 85.6 Å². The second kappa shape index (κ2) is 14.5. The molecule has 15 heteroatoms. The SMILES string of the molecule is C[C@@H]1CNC(=O)c2cc3ccc(C(=O)Nc4cnn(Cc5ccc(N6CCC(N(C)Cc7cc(C8CCC(=O)NC8=O)cnc7F)CC6)cc5)c4)nc3n21. The van der Waals surface area contributed by atoms with Crippen molar-refractivity contribution in [1.82, 2.24) is 39.8 Å². The number of imide groups is 1. The van der Waals surface area contributed by atoms with Crippen molar-refractivity contribution in [3.05, 3.63) is 101 Å². The van der Waals surface area contributed by atoms with Crippen LogP contribution in [0.3, 0.4) is 0 Å². The van der Waals surface area contributed by atoms with Crippen LogP contribution in [0.4, 0.5) is 15.8 Å². The van der Waals surface area contributed by atoms with E-state index < -0.39 is 11.9 Å². The van der Waals surface area contributed by atoms with Crippen LogP contribution in [-0.2, 0) is 22.7 Å². The van der Waals surface area contributed by atoms with Crippen LogP contribution in [0, 0.1) is 5.95 Å². The molecular weight excluding hydrogens is 691 g/mol. The highest BCUT2D eigenvalue weighted by Gasteiger charge is 2.30. The van der Waals surface area contributed by atoms with E-state index in [0.717, 1.165) is 42.6 Å². The van der Waals surface area contributed by atoms with Crippen LogP contribution in [0.15, 0.2) is 67.1 Å². The number of anilines is 2. The van der Waals surface area contributed by atoms with Crippen molar-refractivity contribution in [3.8, 4) is 0 Å². The van der Waals surface area contributed by atoms with Gasteiger partial charge in [-0.15, -0.1) is 0 Å². The molecule has 3 aliphatic rings. The highest BCUT2D eigenvalue weighted by Crippen LogP contribution is 2.29. The molecule has 0 saturated carbocycles. The molecule has 3 N–H and O–H groups in total. The molecule has 14 nitrogen and oxygen atoms in total. The summed E-state index contributed by atoms with van der Waals surface area (Å²) in [6.07, 6.45) is 7.27. The summed E-state index contributed by atoms with van der Waals surface area (Å²) in [7, 11) is 1.99. The Bertz CT molecular complexity index is 2260. The first-order chi connectivity index (χ1) is 26.1. The average Bonchev–Trinajstić information content (AvgIpc) is 3.79. The number of benzene rings is 1. The molecular formula is C39H41FN10O4. The van der Waals surface area contributed by atoms with E-state index in [2.05, 4.69) is 65.1 Å². The Labute approximate surface area is 310 Å². The van der Waals surface area contributed by atoms with E-state index in [4.69, 9.17) is 0 Å². The smallest absolute Gasteiger partial charge is 0.274 e. The Morgan fingerprint density at radius 3 is 2.61 bits per heavy atom. The predicted molar refractivity (Wildman–Crippen MR) is 199 cm³/mol. The molecule has 54 heavy (non-hydrogen) atoms. The van der Waals surface area contributed by atoms with Crippen LogP contribution in [0.5, 0.6) is 0 Å². The van der Waals surface area contributed by atoms with E-state index >= 15 is 0 Å². The number of carbonyl (C=O) groups is 4. The van der Waals surface area contributed by atoms with Crippen molar-refractivity contribution in [1.29, 1.82) is 0 Å². The summed E-state index contributed by atoms with van der Waals surface area (Å²) in [6.45, 7) is 5.13. The normalized spacial score (nSPS) is 19.2. The second-order valence-electron chi connectivity index (χ2n) is 14.5. The molecule has 278 valence electrons. The van der Waals surface area contributed by atoms with Gasteiger partial charge >= 0.3 is 0 Å². The number of nitrogens with one attached hydrogen (secondary N) is 3. The third kappa shape index (κ3) is 7.06. The van der Waals surface area contributed by atoms with Crippen LogP contribution < -0.4 is 20.9 Å². The highest BCUT2D eigenvalue weighted by atomic mass is 19.1. The van der Waals surface area contributed by atoms with Crippen LogP contribution >= 0.6 is 0 Å². The molecule has 2 fully saturated rings. The molecule has 0 aliphatic carbocycles. The van der Waals surface area contributed by atoms with Crippen LogP contribution in [0.2, 0.25) is 0 Å². The van der Waals surface area contributed by atoms with Gasteiger partial charge in [-0.2, -0.15) is 9.49 Å². The number of aromatic nitrogens is 5. The van der Waals surface area contributed by atoms with Crippen molar-refractivity contribution in [3.63, 3.8) is 0 Å². The maximum absolute atomic E-state index is 14.8. The van der Waals surface area contributed by atoms with Gasteiger partial charge in [-0.05, 0) is 80.8 Å². The number of pyridine rings is 2. The quantitative estimate of drug-likeness (QED) is 0.151. The number of rotatable bonds is 9. The first kappa shape index (κ1) is 35.1. The van der Waals surface area contributed by atoms with Crippen LogP contribution in [0.1, 0.15) is 82.2 Å². The van der Waals surface area contributed by atoms with Gasteiger partial charge < -0.3 is 20.1 Å². The van der Waals surface area contributed by atoms with E-state index in [1.54, 1.807) is 35.3 Å². The summed E-state index contributed by atoms with van der Waals surface area (Å²) in [5.74, 6) is -2.19. The van der Waals surface area contributed by atoms with E-state index in [-0.39, 0.29) is 47.8 Å². The topological polar surface area (TPSA) is 159 Å². The zero-order valence-electron chi connectivity index (χ0n) is 30.1. The Hall–Kier alpha value is -5.96. The van der Waals surface area contributed by atoms with Crippen molar-refractivity contribution >= 4 is 46.0 Å². The lowest BCUT2D eigenvalue weighted by Crippen LogP contribution is -2.43. The lowest BCUT2D eigenvalue weighted by Gasteiger charge is -2.38. The Kier molecular flexibility index (Phi) is 9.40. The molecule has 3 aliphatic heterocycles. The minimum absolute atomic E-state index is 0.0238. The molecule has 0 spiro atoms. The predicted octanol–water partition coefficient (Wildman–Crippen LogP) is 3.99. The summed E-state index contributed by atoms with van der Waals surface area (Å²) >= 11 is 0. The molecule has 0 bridgehead atoms. The second-order valence-corrected chi connectivity index (χ2v) is 14.5.